The van der Waals surface area contributed by atoms with Crippen molar-refractivity contribution >= 4 is 17.6 Å². The van der Waals surface area contributed by atoms with Gasteiger partial charge in [0.2, 0.25) is 0 Å². The Morgan fingerprint density at radius 1 is 1.03 bits per heavy atom. The largest absolute Gasteiger partial charge is 0.486 e. The molecule has 0 aromatic heterocycles. The summed E-state index contributed by atoms with van der Waals surface area (Å²) in [5, 5.41) is 9.53. The smallest absolute Gasteiger partial charge is 0.341 e. The monoisotopic (exact) mass is 438 g/mol. The highest BCUT2D eigenvalue weighted by Crippen LogP contribution is 2.32. The standard InChI is InChI=1S/C26H27ClO4/c1-3-4-8-25(31-23-13-14-24(18(2)15-23)30-17-26(28)29)21-7-5-6-20(16-21)19-9-11-22(27)12-10-19/h5-7,9-16,25H,3-4,8,17H2,1-2H3,(H,28,29). The van der Waals surface area contributed by atoms with E-state index in [2.05, 4.69) is 31.2 Å². The van der Waals surface area contributed by atoms with Crippen LogP contribution in [-0.4, -0.2) is 17.7 Å². The molecule has 0 bridgehead atoms. The summed E-state index contributed by atoms with van der Waals surface area (Å²) in [6.07, 6.45) is 2.95. The highest BCUT2D eigenvalue weighted by molar-refractivity contribution is 6.30. The number of carboxylic acid groups (broad SMARTS) is 1. The summed E-state index contributed by atoms with van der Waals surface area (Å²) in [7, 11) is 0. The number of rotatable bonds is 10. The normalized spacial score (nSPS) is 11.7. The Hall–Kier alpha value is -2.98. The number of hydrogen-bond acceptors (Lipinski definition) is 3. The molecule has 0 radical (unpaired) electrons. The van der Waals surface area contributed by atoms with E-state index in [1.165, 1.54) is 0 Å². The van der Waals surface area contributed by atoms with Gasteiger partial charge >= 0.3 is 5.97 Å². The lowest BCUT2D eigenvalue weighted by Crippen LogP contribution is -2.10. The summed E-state index contributed by atoms with van der Waals surface area (Å²) in [4.78, 5) is 10.7. The fourth-order valence-corrected chi connectivity index (χ4v) is 3.53. The van der Waals surface area contributed by atoms with Gasteiger partial charge in [-0.3, -0.25) is 0 Å². The second-order valence-electron chi connectivity index (χ2n) is 7.49. The molecule has 0 fully saturated rings. The number of aliphatic carboxylic acids is 1. The molecule has 0 aliphatic carbocycles. The van der Waals surface area contributed by atoms with Crippen LogP contribution in [0, 0.1) is 6.92 Å². The maximum absolute atomic E-state index is 10.7. The SMILES string of the molecule is CCCCC(Oc1ccc(OCC(=O)O)c(C)c1)c1cccc(-c2ccc(Cl)cc2)c1. The number of aryl methyl sites for hydroxylation is 1. The average Bonchev–Trinajstić information content (AvgIpc) is 2.76. The lowest BCUT2D eigenvalue weighted by Gasteiger charge is -2.21. The molecule has 31 heavy (non-hydrogen) atoms. The summed E-state index contributed by atoms with van der Waals surface area (Å²) in [5.41, 5.74) is 4.18. The van der Waals surface area contributed by atoms with Crippen LogP contribution in [0.5, 0.6) is 11.5 Å². The predicted molar refractivity (Wildman–Crippen MR) is 124 cm³/mol. The van der Waals surface area contributed by atoms with Gasteiger partial charge in [-0.25, -0.2) is 4.79 Å². The molecule has 3 rings (SSSR count). The van der Waals surface area contributed by atoms with Crippen LogP contribution in [0.2, 0.25) is 5.02 Å². The van der Waals surface area contributed by atoms with Crippen molar-refractivity contribution in [3.05, 3.63) is 82.9 Å². The van der Waals surface area contributed by atoms with E-state index in [9.17, 15) is 4.79 Å². The number of unbranched alkanes of at least 4 members (excludes halogenated alkanes) is 1. The van der Waals surface area contributed by atoms with Crippen molar-refractivity contribution in [2.75, 3.05) is 6.61 Å². The Morgan fingerprint density at radius 3 is 2.48 bits per heavy atom. The van der Waals surface area contributed by atoms with E-state index in [0.717, 1.165) is 52.3 Å². The van der Waals surface area contributed by atoms with Gasteiger partial charge in [0.15, 0.2) is 6.61 Å². The minimum absolute atomic E-state index is 0.0858. The Labute approximate surface area is 188 Å². The summed E-state index contributed by atoms with van der Waals surface area (Å²) in [6, 6.07) is 21.7. The first-order chi connectivity index (χ1) is 15.0. The Morgan fingerprint density at radius 2 is 1.81 bits per heavy atom. The minimum atomic E-state index is -1.00. The zero-order valence-corrected chi connectivity index (χ0v) is 18.6. The van der Waals surface area contributed by atoms with Crippen LogP contribution in [0.4, 0.5) is 0 Å². The van der Waals surface area contributed by atoms with Crippen molar-refractivity contribution in [3.8, 4) is 22.6 Å². The number of halogens is 1. The molecule has 1 atom stereocenters. The van der Waals surface area contributed by atoms with Crippen molar-refractivity contribution in [3.63, 3.8) is 0 Å². The molecule has 5 heteroatoms. The zero-order valence-electron chi connectivity index (χ0n) is 17.8. The van der Waals surface area contributed by atoms with Crippen molar-refractivity contribution in [2.24, 2.45) is 0 Å². The second-order valence-corrected chi connectivity index (χ2v) is 7.93. The van der Waals surface area contributed by atoms with E-state index in [1.807, 2.05) is 43.3 Å². The molecule has 0 aliphatic rings. The maximum atomic E-state index is 10.7. The van der Waals surface area contributed by atoms with Gasteiger partial charge < -0.3 is 14.6 Å². The van der Waals surface area contributed by atoms with Crippen LogP contribution < -0.4 is 9.47 Å². The molecule has 1 unspecified atom stereocenters. The van der Waals surface area contributed by atoms with Gasteiger partial charge in [0, 0.05) is 5.02 Å². The Balaban J connectivity index is 1.82. The van der Waals surface area contributed by atoms with Gasteiger partial charge in [-0.2, -0.15) is 0 Å². The first kappa shape index (κ1) is 22.7. The maximum Gasteiger partial charge on any atom is 0.341 e. The summed E-state index contributed by atoms with van der Waals surface area (Å²) in [5.74, 6) is 0.280. The lowest BCUT2D eigenvalue weighted by molar-refractivity contribution is -0.139. The van der Waals surface area contributed by atoms with Crippen molar-refractivity contribution in [1.82, 2.24) is 0 Å². The van der Waals surface area contributed by atoms with Gasteiger partial charge in [0.25, 0.3) is 0 Å². The molecule has 1 N–H and O–H groups in total. The highest BCUT2D eigenvalue weighted by Gasteiger charge is 2.15. The Kier molecular flexibility index (Phi) is 7.96. The van der Waals surface area contributed by atoms with E-state index in [-0.39, 0.29) is 12.7 Å². The molecule has 0 aliphatic heterocycles. The first-order valence-electron chi connectivity index (χ1n) is 10.4. The van der Waals surface area contributed by atoms with Gasteiger partial charge in [-0.15, -0.1) is 0 Å². The van der Waals surface area contributed by atoms with Crippen LogP contribution in [0.15, 0.2) is 66.7 Å². The van der Waals surface area contributed by atoms with E-state index < -0.39 is 5.97 Å². The third-order valence-corrected chi connectivity index (χ3v) is 5.28. The number of hydrogen-bond donors (Lipinski definition) is 1. The van der Waals surface area contributed by atoms with Crippen molar-refractivity contribution < 1.29 is 19.4 Å². The fraction of sp³-hybridized carbons (Fsp3) is 0.269. The lowest BCUT2D eigenvalue weighted by atomic mass is 9.98. The molecule has 4 nitrogen and oxygen atoms in total. The van der Waals surface area contributed by atoms with E-state index >= 15 is 0 Å². The highest BCUT2D eigenvalue weighted by atomic mass is 35.5. The molecular formula is C26H27ClO4. The molecule has 3 aromatic carbocycles. The van der Waals surface area contributed by atoms with Crippen LogP contribution in [0.25, 0.3) is 11.1 Å². The van der Waals surface area contributed by atoms with Gasteiger partial charge in [-0.1, -0.05) is 55.3 Å². The van der Waals surface area contributed by atoms with E-state index in [1.54, 1.807) is 6.07 Å². The van der Waals surface area contributed by atoms with Crippen molar-refractivity contribution in [1.29, 1.82) is 0 Å². The third-order valence-electron chi connectivity index (χ3n) is 5.03. The van der Waals surface area contributed by atoms with Crippen LogP contribution in [-0.2, 0) is 4.79 Å². The van der Waals surface area contributed by atoms with Gasteiger partial charge in [0.1, 0.15) is 17.6 Å². The Bertz CT molecular complexity index is 1010. The minimum Gasteiger partial charge on any atom is -0.486 e. The molecule has 3 aromatic rings. The number of carboxylic acids is 1. The summed E-state index contributed by atoms with van der Waals surface area (Å²) in [6.45, 7) is 3.68. The molecule has 162 valence electrons. The number of carbonyl (C=O) groups is 1. The fourth-order valence-electron chi connectivity index (χ4n) is 3.40. The number of ether oxygens (including phenoxy) is 2. The molecule has 0 spiro atoms. The van der Waals surface area contributed by atoms with E-state index in [4.69, 9.17) is 26.2 Å². The van der Waals surface area contributed by atoms with E-state index in [0.29, 0.717) is 5.75 Å². The third kappa shape index (κ3) is 6.50. The molecule has 0 saturated carbocycles. The summed E-state index contributed by atoms with van der Waals surface area (Å²) < 4.78 is 11.7. The van der Waals surface area contributed by atoms with Crippen LogP contribution >= 0.6 is 11.6 Å². The molecule has 0 saturated heterocycles. The average molecular weight is 439 g/mol. The predicted octanol–water partition coefficient (Wildman–Crippen LogP) is 7.09. The molecular weight excluding hydrogens is 412 g/mol. The molecule has 0 amide bonds. The summed E-state index contributed by atoms with van der Waals surface area (Å²) >= 11 is 6.03. The van der Waals surface area contributed by atoms with Gasteiger partial charge in [0.05, 0.1) is 0 Å². The quantitative estimate of drug-likeness (QED) is 0.367. The molecule has 0 heterocycles. The second kappa shape index (κ2) is 10.9. The first-order valence-corrected chi connectivity index (χ1v) is 10.8. The number of benzene rings is 3. The van der Waals surface area contributed by atoms with Gasteiger partial charge in [-0.05, 0) is 78.4 Å². The van der Waals surface area contributed by atoms with Crippen LogP contribution in [0.3, 0.4) is 0 Å². The zero-order chi connectivity index (χ0) is 22.2. The topological polar surface area (TPSA) is 55.8 Å². The van der Waals surface area contributed by atoms with Crippen molar-refractivity contribution in [2.45, 2.75) is 39.2 Å². The van der Waals surface area contributed by atoms with Crippen LogP contribution in [0.1, 0.15) is 43.4 Å².